The Morgan fingerprint density at radius 1 is 1.33 bits per heavy atom. The van der Waals surface area contributed by atoms with Crippen molar-refractivity contribution in [2.45, 2.75) is 6.04 Å². The van der Waals surface area contributed by atoms with Crippen LogP contribution in [0.1, 0.15) is 17.3 Å². The number of benzene rings is 1. The van der Waals surface area contributed by atoms with Crippen LogP contribution in [-0.2, 0) is 0 Å². The van der Waals surface area contributed by atoms with Crippen molar-refractivity contribution in [2.75, 3.05) is 7.11 Å². The first-order valence-corrected chi connectivity index (χ1v) is 5.70. The van der Waals surface area contributed by atoms with Crippen molar-refractivity contribution >= 4 is 11.6 Å². The minimum atomic E-state index is -0.631. The van der Waals surface area contributed by atoms with Crippen LogP contribution in [0, 0.1) is 5.82 Å². The van der Waals surface area contributed by atoms with E-state index in [1.807, 2.05) is 0 Å². The third-order valence-corrected chi connectivity index (χ3v) is 2.84. The highest BCUT2D eigenvalue weighted by molar-refractivity contribution is 6.30. The molecular formula is C13H12ClFN2O. The fraction of sp³-hybridized carbons (Fsp3) is 0.154. The van der Waals surface area contributed by atoms with E-state index >= 15 is 0 Å². The van der Waals surface area contributed by atoms with Crippen LogP contribution in [-0.4, -0.2) is 12.1 Å². The Kier molecular flexibility index (Phi) is 3.79. The van der Waals surface area contributed by atoms with Gasteiger partial charge in [-0.05, 0) is 18.2 Å². The molecule has 1 aromatic heterocycles. The molecule has 0 bridgehead atoms. The number of nitrogens with zero attached hydrogens (tertiary/aromatic N) is 1. The van der Waals surface area contributed by atoms with E-state index < -0.39 is 11.9 Å². The Morgan fingerprint density at radius 2 is 2.11 bits per heavy atom. The van der Waals surface area contributed by atoms with Gasteiger partial charge in [-0.25, -0.2) is 4.39 Å². The number of aromatic nitrogens is 1. The summed E-state index contributed by atoms with van der Waals surface area (Å²) in [7, 11) is 1.48. The topological polar surface area (TPSA) is 48.1 Å². The molecule has 3 nitrogen and oxygen atoms in total. The zero-order valence-electron chi connectivity index (χ0n) is 9.73. The maximum absolute atomic E-state index is 13.8. The summed E-state index contributed by atoms with van der Waals surface area (Å²) in [5.74, 6) is 0.0334. The van der Waals surface area contributed by atoms with Gasteiger partial charge in [-0.15, -0.1) is 0 Å². The van der Waals surface area contributed by atoms with Gasteiger partial charge >= 0.3 is 0 Å². The molecule has 2 rings (SSSR count). The molecule has 0 spiro atoms. The van der Waals surface area contributed by atoms with E-state index in [2.05, 4.69) is 4.98 Å². The van der Waals surface area contributed by atoms with Gasteiger partial charge < -0.3 is 10.5 Å². The Balaban J connectivity index is 2.33. The molecule has 2 aromatic rings. The maximum Gasteiger partial charge on any atom is 0.132 e. The van der Waals surface area contributed by atoms with Crippen molar-refractivity contribution in [2.24, 2.45) is 5.73 Å². The molecule has 1 aromatic carbocycles. The van der Waals surface area contributed by atoms with Gasteiger partial charge in [0.05, 0.1) is 23.9 Å². The van der Waals surface area contributed by atoms with Crippen LogP contribution in [0.4, 0.5) is 4.39 Å². The minimum Gasteiger partial charge on any atom is -0.497 e. The average molecular weight is 267 g/mol. The SMILES string of the molecule is COc1ccc(C(N)c2ccc(Cl)cn2)c(F)c1. The number of pyridine rings is 1. The highest BCUT2D eigenvalue weighted by Gasteiger charge is 2.15. The summed E-state index contributed by atoms with van der Waals surface area (Å²) < 4.78 is 18.8. The molecular weight excluding hydrogens is 255 g/mol. The highest BCUT2D eigenvalue weighted by Crippen LogP contribution is 2.24. The van der Waals surface area contributed by atoms with E-state index in [9.17, 15) is 4.39 Å². The number of halogens is 2. The summed E-state index contributed by atoms with van der Waals surface area (Å²) in [6, 6.07) is 7.27. The summed E-state index contributed by atoms with van der Waals surface area (Å²) in [6.45, 7) is 0. The quantitative estimate of drug-likeness (QED) is 0.929. The molecule has 1 heterocycles. The zero-order chi connectivity index (χ0) is 13.1. The molecule has 0 radical (unpaired) electrons. The van der Waals surface area contributed by atoms with Crippen LogP contribution in [0.25, 0.3) is 0 Å². The van der Waals surface area contributed by atoms with E-state index in [-0.39, 0.29) is 0 Å². The monoisotopic (exact) mass is 266 g/mol. The lowest BCUT2D eigenvalue weighted by Gasteiger charge is -2.13. The van der Waals surface area contributed by atoms with Crippen molar-refractivity contribution in [3.05, 3.63) is 58.6 Å². The van der Waals surface area contributed by atoms with Gasteiger partial charge in [0, 0.05) is 17.8 Å². The molecule has 0 saturated carbocycles. The number of hydrogen-bond acceptors (Lipinski definition) is 3. The Hall–Kier alpha value is -1.65. The fourth-order valence-corrected chi connectivity index (χ4v) is 1.73. The van der Waals surface area contributed by atoms with Gasteiger partial charge in [-0.3, -0.25) is 4.98 Å². The minimum absolute atomic E-state index is 0.366. The largest absolute Gasteiger partial charge is 0.497 e. The fourth-order valence-electron chi connectivity index (χ4n) is 1.62. The van der Waals surface area contributed by atoms with Gasteiger partial charge in [0.15, 0.2) is 0 Å². The molecule has 0 aliphatic rings. The molecule has 0 aliphatic carbocycles. The molecule has 18 heavy (non-hydrogen) atoms. The highest BCUT2D eigenvalue weighted by atomic mass is 35.5. The van der Waals surface area contributed by atoms with Gasteiger partial charge in [0.25, 0.3) is 0 Å². The van der Waals surface area contributed by atoms with Gasteiger partial charge in [0.1, 0.15) is 11.6 Å². The standard InChI is InChI=1S/C13H12ClFN2O/c1-18-9-3-4-10(11(15)6-9)13(16)12-5-2-8(14)7-17-12/h2-7,13H,16H2,1H3. The van der Waals surface area contributed by atoms with E-state index in [0.29, 0.717) is 22.0 Å². The first-order chi connectivity index (χ1) is 8.61. The van der Waals surface area contributed by atoms with Crippen LogP contribution >= 0.6 is 11.6 Å². The van der Waals surface area contributed by atoms with Crippen LogP contribution < -0.4 is 10.5 Å². The molecule has 1 unspecified atom stereocenters. The van der Waals surface area contributed by atoms with Gasteiger partial charge in [-0.2, -0.15) is 0 Å². The van der Waals surface area contributed by atoms with Crippen molar-refractivity contribution in [3.8, 4) is 5.75 Å². The van der Waals surface area contributed by atoms with E-state index in [1.165, 1.54) is 19.4 Å². The third kappa shape index (κ3) is 2.60. The van der Waals surface area contributed by atoms with Crippen molar-refractivity contribution in [3.63, 3.8) is 0 Å². The molecule has 2 N–H and O–H groups in total. The molecule has 94 valence electrons. The first-order valence-electron chi connectivity index (χ1n) is 5.32. The van der Waals surface area contributed by atoms with Crippen LogP contribution in [0.15, 0.2) is 36.5 Å². The lowest BCUT2D eigenvalue weighted by atomic mass is 10.0. The third-order valence-electron chi connectivity index (χ3n) is 2.61. The predicted octanol–water partition coefficient (Wildman–Crippen LogP) is 2.93. The molecule has 0 amide bonds. The van der Waals surface area contributed by atoms with Gasteiger partial charge in [0.2, 0.25) is 0 Å². The number of rotatable bonds is 3. The molecule has 0 saturated heterocycles. The summed E-state index contributed by atoms with van der Waals surface area (Å²) in [5, 5.41) is 0.515. The second-order valence-electron chi connectivity index (χ2n) is 3.77. The summed E-state index contributed by atoms with van der Waals surface area (Å²) in [4.78, 5) is 4.08. The Morgan fingerprint density at radius 3 is 2.67 bits per heavy atom. The van der Waals surface area contributed by atoms with E-state index in [4.69, 9.17) is 22.1 Å². The number of methoxy groups -OCH3 is 1. The first kappa shape index (κ1) is 12.8. The van der Waals surface area contributed by atoms with E-state index in [0.717, 1.165) is 0 Å². The number of nitrogens with two attached hydrogens (primary N) is 1. The van der Waals surface area contributed by atoms with Crippen LogP contribution in [0.2, 0.25) is 5.02 Å². The molecule has 1 atom stereocenters. The molecule has 5 heteroatoms. The molecule has 0 aliphatic heterocycles. The van der Waals surface area contributed by atoms with Crippen molar-refractivity contribution < 1.29 is 9.13 Å². The van der Waals surface area contributed by atoms with E-state index in [1.54, 1.807) is 24.3 Å². The lowest BCUT2D eigenvalue weighted by molar-refractivity contribution is 0.410. The molecule has 0 fully saturated rings. The summed E-state index contributed by atoms with van der Waals surface area (Å²) in [6.07, 6.45) is 1.48. The summed E-state index contributed by atoms with van der Waals surface area (Å²) >= 11 is 5.74. The van der Waals surface area contributed by atoms with Crippen LogP contribution in [0.3, 0.4) is 0 Å². The normalized spacial score (nSPS) is 12.2. The van der Waals surface area contributed by atoms with Gasteiger partial charge in [-0.1, -0.05) is 17.7 Å². The Labute approximate surface area is 109 Å². The average Bonchev–Trinajstić information content (AvgIpc) is 2.38. The van der Waals surface area contributed by atoms with Crippen molar-refractivity contribution in [1.82, 2.24) is 4.98 Å². The van der Waals surface area contributed by atoms with Crippen molar-refractivity contribution in [1.29, 1.82) is 0 Å². The second-order valence-corrected chi connectivity index (χ2v) is 4.20. The smallest absolute Gasteiger partial charge is 0.132 e. The predicted molar refractivity (Wildman–Crippen MR) is 68.2 cm³/mol. The number of ether oxygens (including phenoxy) is 1. The maximum atomic E-state index is 13.8. The summed E-state index contributed by atoms with van der Waals surface area (Å²) in [5.41, 5.74) is 6.90. The second kappa shape index (κ2) is 5.33. The lowest BCUT2D eigenvalue weighted by Crippen LogP contribution is -2.15. The van der Waals surface area contributed by atoms with Crippen LogP contribution in [0.5, 0.6) is 5.75 Å². The number of hydrogen-bond donors (Lipinski definition) is 1. The zero-order valence-corrected chi connectivity index (χ0v) is 10.5. The Bertz CT molecular complexity index is 545.